The quantitative estimate of drug-likeness (QED) is 0.402. The van der Waals surface area contributed by atoms with E-state index in [4.69, 9.17) is 5.11 Å². The first-order valence-corrected chi connectivity index (χ1v) is 6.00. The lowest BCUT2D eigenvalue weighted by molar-refractivity contribution is -0.527. The summed E-state index contributed by atoms with van der Waals surface area (Å²) in [6.07, 6.45) is 1.64. The zero-order valence-corrected chi connectivity index (χ0v) is 10.4. The Morgan fingerprint density at radius 3 is 2.50 bits per heavy atom. The van der Waals surface area contributed by atoms with Crippen molar-refractivity contribution in [2.24, 2.45) is 0 Å². The van der Waals surface area contributed by atoms with E-state index < -0.39 is 34.3 Å². The van der Waals surface area contributed by atoms with Gasteiger partial charge in [0.05, 0.1) is 12.5 Å². The molecule has 0 saturated carbocycles. The predicted octanol–water partition coefficient (Wildman–Crippen LogP) is 2.55. The number of hydrogen-bond donors (Lipinski definition) is 1. The summed E-state index contributed by atoms with van der Waals surface area (Å²) in [6, 6.07) is -0.0992. The highest BCUT2D eigenvalue weighted by Crippen LogP contribution is 2.36. The molecule has 108 valence electrons. The monoisotopic (exact) mass is 287 g/mol. The normalized spacial score (nSPS) is 22.5. The topological polar surface area (TPSA) is 63.4 Å². The first-order valence-electron chi connectivity index (χ1n) is 6.00. The molecule has 0 heterocycles. The molecule has 4 nitrogen and oxygen atoms in total. The number of nitrogens with zero attached hydrogens (tertiary/aromatic N) is 1. The largest absolute Gasteiger partial charge is 0.392 e. The van der Waals surface area contributed by atoms with E-state index in [-0.39, 0.29) is 25.0 Å². The number of hydrogen-bond acceptors (Lipinski definition) is 3. The minimum Gasteiger partial charge on any atom is -0.392 e. The third kappa shape index (κ3) is 2.67. The molecule has 0 radical (unpaired) electrons. The predicted molar refractivity (Wildman–Crippen MR) is 64.2 cm³/mol. The van der Waals surface area contributed by atoms with Crippen LogP contribution in [0.15, 0.2) is 23.8 Å². The van der Waals surface area contributed by atoms with Crippen LogP contribution < -0.4 is 0 Å². The van der Waals surface area contributed by atoms with Crippen molar-refractivity contribution in [3.05, 3.63) is 56.9 Å². The summed E-state index contributed by atoms with van der Waals surface area (Å²) in [5, 5.41) is 20.1. The molecule has 0 aromatic heterocycles. The zero-order chi connectivity index (χ0) is 14.9. The first-order chi connectivity index (χ1) is 9.43. The van der Waals surface area contributed by atoms with E-state index in [0.717, 1.165) is 0 Å². The molecule has 2 rings (SSSR count). The molecule has 1 aliphatic rings. The van der Waals surface area contributed by atoms with E-state index in [9.17, 15) is 23.3 Å². The van der Waals surface area contributed by atoms with Gasteiger partial charge in [0, 0.05) is 23.0 Å². The summed E-state index contributed by atoms with van der Waals surface area (Å²) in [4.78, 5) is 10.5. The molecule has 0 spiro atoms. The molecule has 7 heteroatoms. The van der Waals surface area contributed by atoms with Crippen LogP contribution in [0.2, 0.25) is 0 Å². The van der Waals surface area contributed by atoms with Crippen LogP contribution >= 0.6 is 0 Å². The Kier molecular flexibility index (Phi) is 4.08. The van der Waals surface area contributed by atoms with Gasteiger partial charge in [0.15, 0.2) is 11.6 Å². The van der Waals surface area contributed by atoms with Gasteiger partial charge in [-0.1, -0.05) is 6.08 Å². The number of aliphatic hydroxyl groups excluding tert-OH is 1. The Labute approximate surface area is 112 Å². The molecule has 0 aliphatic heterocycles. The number of nitro groups is 1. The van der Waals surface area contributed by atoms with Gasteiger partial charge in [-0.2, -0.15) is 0 Å². The number of allylic oxidation sites excluding steroid dienone is 1. The third-order valence-electron chi connectivity index (χ3n) is 3.51. The number of halogens is 3. The molecule has 0 saturated heterocycles. The fourth-order valence-corrected chi connectivity index (χ4v) is 2.45. The second kappa shape index (κ2) is 5.62. The van der Waals surface area contributed by atoms with Crippen molar-refractivity contribution in [3.63, 3.8) is 0 Å². The minimum absolute atomic E-state index is 0.0351. The SMILES string of the molecule is O=[N+]([O-])[C@@H]1CC(CO)=CC[C@H]1c1cc(F)c(F)cc1F. The van der Waals surface area contributed by atoms with Gasteiger partial charge in [-0.15, -0.1) is 0 Å². The molecule has 0 fully saturated rings. The smallest absolute Gasteiger partial charge is 0.224 e. The molecule has 20 heavy (non-hydrogen) atoms. The molecular weight excluding hydrogens is 275 g/mol. The molecule has 0 bridgehead atoms. The van der Waals surface area contributed by atoms with Crippen LogP contribution in [0.5, 0.6) is 0 Å². The summed E-state index contributed by atoms with van der Waals surface area (Å²) in [5.41, 5.74) is 0.282. The van der Waals surface area contributed by atoms with Crippen molar-refractivity contribution in [2.45, 2.75) is 24.8 Å². The zero-order valence-electron chi connectivity index (χ0n) is 10.4. The summed E-state index contributed by atoms with van der Waals surface area (Å²) >= 11 is 0. The Balaban J connectivity index is 2.42. The van der Waals surface area contributed by atoms with Crippen LogP contribution in [-0.4, -0.2) is 22.7 Å². The minimum atomic E-state index is -1.33. The maximum atomic E-state index is 13.7. The number of rotatable bonds is 3. The van der Waals surface area contributed by atoms with E-state index in [1.165, 1.54) is 0 Å². The van der Waals surface area contributed by atoms with Gasteiger partial charge in [0.25, 0.3) is 0 Å². The van der Waals surface area contributed by atoms with Crippen LogP contribution in [0.4, 0.5) is 13.2 Å². The highest BCUT2D eigenvalue weighted by Gasteiger charge is 2.37. The van der Waals surface area contributed by atoms with Crippen LogP contribution in [-0.2, 0) is 0 Å². The summed E-state index contributed by atoms with van der Waals surface area (Å²) in [6.45, 7) is -0.308. The van der Waals surface area contributed by atoms with Gasteiger partial charge in [-0.05, 0) is 18.1 Å². The Morgan fingerprint density at radius 2 is 1.90 bits per heavy atom. The Morgan fingerprint density at radius 1 is 1.25 bits per heavy atom. The standard InChI is InChI=1S/C13H12F3NO3/c14-10-5-12(16)11(15)4-9(10)8-2-1-7(6-18)3-13(8)17(19)20/h1,4-5,8,13,18H,2-3,6H2/t8-,13+/m0/s1. The maximum absolute atomic E-state index is 13.7. The van der Waals surface area contributed by atoms with Gasteiger partial charge in [-0.3, -0.25) is 10.1 Å². The average molecular weight is 287 g/mol. The fraction of sp³-hybridized carbons (Fsp3) is 0.385. The van der Waals surface area contributed by atoms with Gasteiger partial charge in [0.1, 0.15) is 5.82 Å². The van der Waals surface area contributed by atoms with Gasteiger partial charge in [-0.25, -0.2) is 13.2 Å². The van der Waals surface area contributed by atoms with Crippen molar-refractivity contribution in [3.8, 4) is 0 Å². The van der Waals surface area contributed by atoms with Gasteiger partial charge >= 0.3 is 0 Å². The molecule has 2 atom stereocenters. The lowest BCUT2D eigenvalue weighted by Crippen LogP contribution is -2.31. The first kappa shape index (κ1) is 14.5. The highest BCUT2D eigenvalue weighted by atomic mass is 19.2. The fourth-order valence-electron chi connectivity index (χ4n) is 2.45. The molecule has 1 aromatic rings. The van der Waals surface area contributed by atoms with E-state index in [0.29, 0.717) is 17.7 Å². The average Bonchev–Trinajstić information content (AvgIpc) is 2.42. The van der Waals surface area contributed by atoms with Gasteiger partial charge < -0.3 is 5.11 Å². The molecule has 1 aromatic carbocycles. The lowest BCUT2D eigenvalue weighted by Gasteiger charge is -2.25. The molecular formula is C13H12F3NO3. The van der Waals surface area contributed by atoms with Crippen LogP contribution in [0.3, 0.4) is 0 Å². The van der Waals surface area contributed by atoms with Crippen LogP contribution in [0.1, 0.15) is 24.3 Å². The van der Waals surface area contributed by atoms with Crippen LogP contribution in [0, 0.1) is 27.6 Å². The van der Waals surface area contributed by atoms with E-state index in [2.05, 4.69) is 0 Å². The number of aliphatic hydroxyl groups is 1. The second-order valence-electron chi connectivity index (χ2n) is 4.71. The van der Waals surface area contributed by atoms with Crippen LogP contribution in [0.25, 0.3) is 0 Å². The summed E-state index contributed by atoms with van der Waals surface area (Å²) < 4.78 is 39.9. The Hall–Kier alpha value is -1.89. The molecule has 0 amide bonds. The molecule has 1 aliphatic carbocycles. The summed E-state index contributed by atoms with van der Waals surface area (Å²) in [5.74, 6) is -4.44. The van der Waals surface area contributed by atoms with Crippen molar-refractivity contribution < 1.29 is 23.2 Å². The van der Waals surface area contributed by atoms with E-state index in [1.54, 1.807) is 6.08 Å². The number of benzene rings is 1. The second-order valence-corrected chi connectivity index (χ2v) is 4.71. The highest BCUT2D eigenvalue weighted by molar-refractivity contribution is 5.28. The summed E-state index contributed by atoms with van der Waals surface area (Å²) in [7, 11) is 0. The lowest BCUT2D eigenvalue weighted by atomic mass is 9.80. The molecule has 0 unspecified atom stereocenters. The van der Waals surface area contributed by atoms with E-state index in [1.807, 2.05) is 0 Å². The van der Waals surface area contributed by atoms with Crippen molar-refractivity contribution in [1.82, 2.24) is 0 Å². The van der Waals surface area contributed by atoms with E-state index >= 15 is 0 Å². The van der Waals surface area contributed by atoms with Crippen molar-refractivity contribution >= 4 is 0 Å². The van der Waals surface area contributed by atoms with Gasteiger partial charge in [0.2, 0.25) is 6.04 Å². The van der Waals surface area contributed by atoms with Crippen molar-refractivity contribution in [1.29, 1.82) is 0 Å². The molecule has 1 N–H and O–H groups in total. The Bertz CT molecular complexity index is 574. The maximum Gasteiger partial charge on any atom is 0.224 e. The van der Waals surface area contributed by atoms with Crippen molar-refractivity contribution in [2.75, 3.05) is 6.61 Å². The third-order valence-corrected chi connectivity index (χ3v) is 3.51.